The van der Waals surface area contributed by atoms with Crippen LogP contribution in [-0.2, 0) is 12.8 Å². The van der Waals surface area contributed by atoms with Gasteiger partial charge in [-0.05, 0) is 88.1 Å². The van der Waals surface area contributed by atoms with Crippen LogP contribution in [0.25, 0.3) is 0 Å². The molecular formula is C28H43BrFN7O2. The van der Waals surface area contributed by atoms with Gasteiger partial charge in [-0.25, -0.2) is 4.39 Å². The third-order valence-electron chi connectivity index (χ3n) is 6.09. The minimum Gasteiger partial charge on any atom is -0.496 e. The van der Waals surface area contributed by atoms with Crippen molar-refractivity contribution in [3.63, 3.8) is 0 Å². The van der Waals surface area contributed by atoms with Crippen molar-refractivity contribution in [2.24, 2.45) is 16.5 Å². The van der Waals surface area contributed by atoms with E-state index in [1.54, 1.807) is 26.3 Å². The van der Waals surface area contributed by atoms with Crippen LogP contribution in [0.2, 0.25) is 0 Å². The number of hydrogen-bond donors (Lipinski definition) is 5. The van der Waals surface area contributed by atoms with Crippen molar-refractivity contribution in [3.8, 4) is 5.75 Å². The number of nitrogens with two attached hydrogens (primary N) is 2. The summed E-state index contributed by atoms with van der Waals surface area (Å²) in [7, 11) is 3.23. The molecule has 1 unspecified atom stereocenters. The summed E-state index contributed by atoms with van der Waals surface area (Å²) >= 11 is 3.47. The number of methoxy groups -OCH3 is 1. The maximum atomic E-state index is 14.8. The number of aryl methyl sites for hydroxylation is 1. The Balaban J connectivity index is 0.00000177. The number of carbonyl (C=O) groups is 1. The van der Waals surface area contributed by atoms with Crippen LogP contribution in [0.3, 0.4) is 0 Å². The predicted octanol–water partition coefficient (Wildman–Crippen LogP) is 4.04. The lowest BCUT2D eigenvalue weighted by Crippen LogP contribution is -2.45. The minimum absolute atomic E-state index is 0.139. The van der Waals surface area contributed by atoms with Crippen molar-refractivity contribution in [2.75, 3.05) is 33.8 Å². The first-order valence-corrected chi connectivity index (χ1v) is 13.8. The third kappa shape index (κ3) is 12.5. The van der Waals surface area contributed by atoms with Gasteiger partial charge in [-0.2, -0.15) is 0 Å². The molecule has 216 valence electrons. The molecule has 7 N–H and O–H groups in total. The second-order valence-corrected chi connectivity index (χ2v) is 9.83. The minimum atomic E-state index is -0.403. The molecule has 0 saturated heterocycles. The van der Waals surface area contributed by atoms with E-state index in [0.29, 0.717) is 29.9 Å². The maximum Gasteiger partial charge on any atom is 0.258 e. The van der Waals surface area contributed by atoms with Gasteiger partial charge in [0, 0.05) is 28.7 Å². The van der Waals surface area contributed by atoms with Crippen molar-refractivity contribution >= 4 is 33.8 Å². The lowest BCUT2D eigenvalue weighted by atomic mass is 9.98. The number of benzene rings is 2. The molecule has 0 saturated carbocycles. The standard InChI is InChI=1S/C27H38BrFN4O2.CH5N3/c1-6-33(7-2)17-9-10-19(3)31-27(30-4)32-26(34)23-11-8-12-24(29)22(23)15-13-20-18-21(28)14-16-25(20)35-5;2-1(3)4/h8,11-12,14,16,18-19H,6-7,9-10,13,15,17H2,1-5H3,(H2,30,31,32,34);(H5,2,3,4). The number of hydrogen-bond acceptors (Lipinski definition) is 5. The molecule has 0 aliphatic rings. The average Bonchev–Trinajstić information content (AvgIpc) is 2.89. The molecule has 2 rings (SSSR count). The lowest BCUT2D eigenvalue weighted by molar-refractivity contribution is 0.0974. The van der Waals surface area contributed by atoms with Gasteiger partial charge in [-0.3, -0.25) is 20.5 Å². The van der Waals surface area contributed by atoms with Crippen molar-refractivity contribution < 1.29 is 13.9 Å². The number of carbonyl (C=O) groups excluding carboxylic acids is 1. The van der Waals surface area contributed by atoms with Gasteiger partial charge in [0.1, 0.15) is 11.6 Å². The van der Waals surface area contributed by atoms with E-state index in [1.807, 2.05) is 18.2 Å². The van der Waals surface area contributed by atoms with Crippen LogP contribution in [0.1, 0.15) is 55.1 Å². The zero-order valence-electron chi connectivity index (χ0n) is 23.6. The Hall–Kier alpha value is -3.18. The largest absolute Gasteiger partial charge is 0.496 e. The van der Waals surface area contributed by atoms with Gasteiger partial charge >= 0.3 is 0 Å². The first-order chi connectivity index (χ1) is 18.6. The molecule has 0 bridgehead atoms. The summed E-state index contributed by atoms with van der Waals surface area (Å²) in [6.45, 7) is 9.52. The first kappa shape index (κ1) is 33.8. The van der Waals surface area contributed by atoms with Crippen LogP contribution in [0.4, 0.5) is 4.39 Å². The van der Waals surface area contributed by atoms with Gasteiger partial charge in [0.05, 0.1) is 7.11 Å². The number of amides is 1. The zero-order chi connectivity index (χ0) is 29.4. The second kappa shape index (κ2) is 18.2. The summed E-state index contributed by atoms with van der Waals surface area (Å²) < 4.78 is 21.1. The van der Waals surface area contributed by atoms with Gasteiger partial charge in [-0.15, -0.1) is 0 Å². The van der Waals surface area contributed by atoms with E-state index in [9.17, 15) is 9.18 Å². The van der Waals surface area contributed by atoms with Crippen molar-refractivity contribution in [1.29, 1.82) is 5.41 Å². The quantitative estimate of drug-likeness (QED) is 0.182. The van der Waals surface area contributed by atoms with E-state index in [0.717, 1.165) is 48.3 Å². The van der Waals surface area contributed by atoms with Crippen LogP contribution < -0.4 is 26.8 Å². The van der Waals surface area contributed by atoms with Crippen LogP contribution in [0, 0.1) is 11.2 Å². The number of rotatable bonds is 12. The fourth-order valence-electron chi connectivity index (χ4n) is 4.03. The number of aliphatic imine (C=N–C) groups is 1. The fourth-order valence-corrected chi connectivity index (χ4v) is 4.43. The predicted molar refractivity (Wildman–Crippen MR) is 161 cm³/mol. The Bertz CT molecular complexity index is 1090. The Morgan fingerprint density at radius 1 is 1.21 bits per heavy atom. The van der Waals surface area contributed by atoms with Crippen molar-refractivity contribution in [2.45, 2.75) is 52.5 Å². The van der Waals surface area contributed by atoms with Crippen LogP contribution in [0.5, 0.6) is 5.75 Å². The molecule has 0 aliphatic heterocycles. The monoisotopic (exact) mass is 607 g/mol. The fraction of sp³-hybridized carbons (Fsp3) is 0.464. The zero-order valence-corrected chi connectivity index (χ0v) is 25.2. The highest BCUT2D eigenvalue weighted by atomic mass is 79.9. The molecule has 0 spiro atoms. The van der Waals surface area contributed by atoms with Crippen molar-refractivity contribution in [3.05, 3.63) is 63.4 Å². The van der Waals surface area contributed by atoms with Gasteiger partial charge < -0.3 is 26.4 Å². The SMILES string of the molecule is CCN(CC)CCCC(C)N/C(=N/C)NC(=O)c1cccc(F)c1CCc1cc(Br)ccc1OC.N=C(N)N. The van der Waals surface area contributed by atoms with Gasteiger partial charge in [0.25, 0.3) is 5.91 Å². The Morgan fingerprint density at radius 3 is 2.46 bits per heavy atom. The summed E-state index contributed by atoms with van der Waals surface area (Å²) in [4.78, 5) is 19.7. The number of ether oxygens (including phenoxy) is 1. The van der Waals surface area contributed by atoms with E-state index >= 15 is 0 Å². The lowest BCUT2D eigenvalue weighted by Gasteiger charge is -2.21. The van der Waals surface area contributed by atoms with E-state index < -0.39 is 5.82 Å². The van der Waals surface area contributed by atoms with Gasteiger partial charge in [-0.1, -0.05) is 35.8 Å². The molecule has 0 radical (unpaired) electrons. The van der Waals surface area contributed by atoms with Gasteiger partial charge in [0.15, 0.2) is 11.9 Å². The molecule has 0 aromatic heterocycles. The molecular weight excluding hydrogens is 565 g/mol. The Morgan fingerprint density at radius 2 is 1.87 bits per heavy atom. The van der Waals surface area contributed by atoms with Gasteiger partial charge in [0.2, 0.25) is 0 Å². The summed E-state index contributed by atoms with van der Waals surface area (Å²) in [6, 6.07) is 10.4. The van der Waals surface area contributed by atoms with E-state index in [4.69, 9.17) is 10.1 Å². The topological polar surface area (TPSA) is 142 Å². The summed E-state index contributed by atoms with van der Waals surface area (Å²) in [5.74, 6) is -0.00665. The molecule has 0 fully saturated rings. The molecule has 2 aromatic carbocycles. The second-order valence-electron chi connectivity index (χ2n) is 8.92. The van der Waals surface area contributed by atoms with E-state index in [2.05, 4.69) is 68.7 Å². The molecule has 2 aromatic rings. The average molecular weight is 609 g/mol. The number of halogens is 2. The smallest absolute Gasteiger partial charge is 0.258 e. The van der Waals surface area contributed by atoms with Crippen LogP contribution in [0.15, 0.2) is 45.9 Å². The number of nitrogens with one attached hydrogen (secondary N) is 3. The highest BCUT2D eigenvalue weighted by Crippen LogP contribution is 2.25. The highest BCUT2D eigenvalue weighted by Gasteiger charge is 2.18. The van der Waals surface area contributed by atoms with E-state index in [1.165, 1.54) is 6.07 Å². The summed E-state index contributed by atoms with van der Waals surface area (Å²) in [5, 5.41) is 12.2. The first-order valence-electron chi connectivity index (χ1n) is 13.0. The molecule has 39 heavy (non-hydrogen) atoms. The third-order valence-corrected chi connectivity index (χ3v) is 6.59. The highest BCUT2D eigenvalue weighted by molar-refractivity contribution is 9.10. The molecule has 1 amide bonds. The van der Waals surface area contributed by atoms with E-state index in [-0.39, 0.29) is 17.9 Å². The Kier molecular flexibility index (Phi) is 15.8. The summed E-state index contributed by atoms with van der Waals surface area (Å²) in [6.07, 6.45) is 2.88. The van der Waals surface area contributed by atoms with Crippen LogP contribution in [-0.4, -0.2) is 62.6 Å². The number of nitrogens with zero attached hydrogens (tertiary/aromatic N) is 2. The maximum absolute atomic E-state index is 14.8. The number of guanidine groups is 2. The Labute approximate surface area is 240 Å². The molecule has 1 atom stereocenters. The van der Waals surface area contributed by atoms with Crippen molar-refractivity contribution in [1.82, 2.24) is 15.5 Å². The van der Waals surface area contributed by atoms with Crippen LogP contribution >= 0.6 is 15.9 Å². The summed E-state index contributed by atoms with van der Waals surface area (Å²) in [5.41, 5.74) is 10.6. The normalized spacial score (nSPS) is 11.8. The molecule has 0 aliphatic carbocycles. The molecule has 9 nitrogen and oxygen atoms in total. The molecule has 0 heterocycles. The molecule has 11 heteroatoms.